The summed E-state index contributed by atoms with van der Waals surface area (Å²) in [4.78, 5) is 7.17. The molecule has 7 heteroatoms. The standard InChI is InChI=1S/C22H32ClN5O/c1-4-24-22(25-14-20-13-21(16(2)3)27-29-20)26-19-9-11-28(12-10-19)15-17-5-7-18(23)8-6-17/h5-8,13,16,19H,4,9-12,14-15H2,1-3H3,(H2,24,25,26). The van der Waals surface area contributed by atoms with E-state index in [1.54, 1.807) is 0 Å². The maximum Gasteiger partial charge on any atom is 0.191 e. The average Bonchev–Trinajstić information content (AvgIpc) is 3.19. The first-order valence-corrected chi connectivity index (χ1v) is 10.9. The number of rotatable bonds is 7. The molecule has 3 rings (SSSR count). The van der Waals surface area contributed by atoms with Gasteiger partial charge in [0.15, 0.2) is 11.7 Å². The molecule has 2 heterocycles. The van der Waals surface area contributed by atoms with Gasteiger partial charge in [0.25, 0.3) is 0 Å². The summed E-state index contributed by atoms with van der Waals surface area (Å²) < 4.78 is 5.39. The van der Waals surface area contributed by atoms with Crippen LogP contribution in [-0.2, 0) is 13.1 Å². The molecule has 1 aromatic heterocycles. The summed E-state index contributed by atoms with van der Waals surface area (Å²) in [5, 5.41) is 11.8. The Morgan fingerprint density at radius 1 is 1.28 bits per heavy atom. The van der Waals surface area contributed by atoms with Gasteiger partial charge in [-0.05, 0) is 43.4 Å². The maximum absolute atomic E-state index is 5.98. The maximum atomic E-state index is 5.98. The van der Waals surface area contributed by atoms with E-state index in [1.165, 1.54) is 5.56 Å². The van der Waals surface area contributed by atoms with Gasteiger partial charge < -0.3 is 15.2 Å². The third kappa shape index (κ3) is 6.75. The monoisotopic (exact) mass is 417 g/mol. The van der Waals surface area contributed by atoms with Gasteiger partial charge in [-0.1, -0.05) is 42.7 Å². The normalized spacial score (nSPS) is 16.4. The van der Waals surface area contributed by atoms with Crippen LogP contribution in [0.15, 0.2) is 39.8 Å². The van der Waals surface area contributed by atoms with Crippen LogP contribution in [0.3, 0.4) is 0 Å². The minimum absolute atomic E-state index is 0.362. The predicted octanol–water partition coefficient (Wildman–Crippen LogP) is 4.17. The van der Waals surface area contributed by atoms with E-state index in [9.17, 15) is 0 Å². The Bertz CT molecular complexity index is 779. The molecule has 0 saturated carbocycles. The molecule has 1 aromatic carbocycles. The van der Waals surface area contributed by atoms with E-state index in [-0.39, 0.29) is 0 Å². The minimum Gasteiger partial charge on any atom is -0.359 e. The number of benzene rings is 1. The fraction of sp³-hybridized carbons (Fsp3) is 0.545. The molecule has 2 aromatic rings. The van der Waals surface area contributed by atoms with E-state index in [0.29, 0.717) is 18.5 Å². The molecule has 1 fully saturated rings. The number of nitrogens with zero attached hydrogens (tertiary/aromatic N) is 3. The molecule has 0 unspecified atom stereocenters. The lowest BCUT2D eigenvalue weighted by Crippen LogP contribution is -2.48. The van der Waals surface area contributed by atoms with Gasteiger partial charge in [0.2, 0.25) is 0 Å². The number of likely N-dealkylation sites (tertiary alicyclic amines) is 1. The second-order valence-electron chi connectivity index (χ2n) is 7.89. The number of piperidine rings is 1. The number of aliphatic imine (C=N–C) groups is 1. The molecule has 0 bridgehead atoms. The highest BCUT2D eigenvalue weighted by molar-refractivity contribution is 6.30. The summed E-state index contributed by atoms with van der Waals surface area (Å²) in [5.74, 6) is 2.00. The molecule has 1 saturated heterocycles. The molecule has 29 heavy (non-hydrogen) atoms. The largest absolute Gasteiger partial charge is 0.359 e. The highest BCUT2D eigenvalue weighted by atomic mass is 35.5. The number of hydrogen-bond donors (Lipinski definition) is 2. The van der Waals surface area contributed by atoms with Crippen molar-refractivity contribution in [3.05, 3.63) is 52.4 Å². The number of aromatic nitrogens is 1. The first-order chi connectivity index (χ1) is 14.0. The Morgan fingerprint density at radius 3 is 2.62 bits per heavy atom. The van der Waals surface area contributed by atoms with Gasteiger partial charge in [-0.3, -0.25) is 4.90 Å². The molecular formula is C22H32ClN5O. The van der Waals surface area contributed by atoms with Crippen LogP contribution in [0.25, 0.3) is 0 Å². The van der Waals surface area contributed by atoms with E-state index < -0.39 is 0 Å². The van der Waals surface area contributed by atoms with Crippen LogP contribution >= 0.6 is 11.6 Å². The van der Waals surface area contributed by atoms with Gasteiger partial charge in [0.1, 0.15) is 6.54 Å². The van der Waals surface area contributed by atoms with Gasteiger partial charge in [0.05, 0.1) is 5.69 Å². The Kier molecular flexibility index (Phi) is 7.95. The summed E-state index contributed by atoms with van der Waals surface area (Å²) in [6, 6.07) is 10.6. The van der Waals surface area contributed by atoms with Crippen LogP contribution in [0.5, 0.6) is 0 Å². The number of halogens is 1. The summed E-state index contributed by atoms with van der Waals surface area (Å²) in [5.41, 5.74) is 2.28. The van der Waals surface area contributed by atoms with Crippen molar-refractivity contribution in [3.8, 4) is 0 Å². The summed E-state index contributed by atoms with van der Waals surface area (Å²) in [7, 11) is 0. The Balaban J connectivity index is 1.48. The van der Waals surface area contributed by atoms with Crippen molar-refractivity contribution in [2.45, 2.75) is 58.7 Å². The molecule has 0 atom stereocenters. The molecule has 0 aliphatic carbocycles. The molecule has 0 radical (unpaired) electrons. The van der Waals surface area contributed by atoms with Crippen molar-refractivity contribution < 1.29 is 4.52 Å². The van der Waals surface area contributed by atoms with Crippen LogP contribution in [0.2, 0.25) is 5.02 Å². The molecule has 6 nitrogen and oxygen atoms in total. The molecule has 0 amide bonds. The Morgan fingerprint density at radius 2 is 2.00 bits per heavy atom. The van der Waals surface area contributed by atoms with Crippen LogP contribution < -0.4 is 10.6 Å². The van der Waals surface area contributed by atoms with Crippen molar-refractivity contribution in [2.75, 3.05) is 19.6 Å². The van der Waals surface area contributed by atoms with Crippen LogP contribution in [0, 0.1) is 0 Å². The second kappa shape index (κ2) is 10.6. The minimum atomic E-state index is 0.362. The van der Waals surface area contributed by atoms with Crippen molar-refractivity contribution >= 4 is 17.6 Å². The van der Waals surface area contributed by atoms with E-state index in [1.807, 2.05) is 18.2 Å². The average molecular weight is 418 g/mol. The first-order valence-electron chi connectivity index (χ1n) is 10.5. The van der Waals surface area contributed by atoms with Gasteiger partial charge in [-0.15, -0.1) is 0 Å². The van der Waals surface area contributed by atoms with Crippen LogP contribution in [0.4, 0.5) is 0 Å². The topological polar surface area (TPSA) is 65.7 Å². The Labute approximate surface area is 178 Å². The summed E-state index contributed by atoms with van der Waals surface area (Å²) in [6.07, 6.45) is 2.19. The van der Waals surface area contributed by atoms with Gasteiger partial charge in [-0.25, -0.2) is 4.99 Å². The molecule has 158 valence electrons. The lowest BCUT2D eigenvalue weighted by molar-refractivity contribution is 0.198. The summed E-state index contributed by atoms with van der Waals surface area (Å²) >= 11 is 5.98. The smallest absolute Gasteiger partial charge is 0.191 e. The van der Waals surface area contributed by atoms with Gasteiger partial charge >= 0.3 is 0 Å². The number of nitrogens with one attached hydrogen (secondary N) is 2. The van der Waals surface area contributed by atoms with Crippen molar-refractivity contribution in [1.29, 1.82) is 0 Å². The Hall–Kier alpha value is -2.05. The summed E-state index contributed by atoms with van der Waals surface area (Å²) in [6.45, 7) is 10.7. The van der Waals surface area contributed by atoms with Crippen LogP contribution in [-0.4, -0.2) is 41.7 Å². The number of hydrogen-bond acceptors (Lipinski definition) is 4. The van der Waals surface area contributed by atoms with Crippen LogP contribution in [0.1, 0.15) is 56.5 Å². The third-order valence-corrected chi connectivity index (χ3v) is 5.41. The van der Waals surface area contributed by atoms with Gasteiger partial charge in [-0.2, -0.15) is 0 Å². The van der Waals surface area contributed by atoms with E-state index in [4.69, 9.17) is 16.1 Å². The van der Waals surface area contributed by atoms with Crippen molar-refractivity contribution in [2.24, 2.45) is 4.99 Å². The first kappa shape index (κ1) is 21.7. The zero-order valence-corrected chi connectivity index (χ0v) is 18.4. The van der Waals surface area contributed by atoms with E-state index in [2.05, 4.69) is 58.6 Å². The highest BCUT2D eigenvalue weighted by Gasteiger charge is 2.20. The zero-order chi connectivity index (χ0) is 20.6. The molecule has 2 N–H and O–H groups in total. The lowest BCUT2D eigenvalue weighted by atomic mass is 10.0. The molecule has 1 aliphatic rings. The van der Waals surface area contributed by atoms with Crippen molar-refractivity contribution in [3.63, 3.8) is 0 Å². The second-order valence-corrected chi connectivity index (χ2v) is 8.33. The van der Waals surface area contributed by atoms with E-state index in [0.717, 1.165) is 61.5 Å². The van der Waals surface area contributed by atoms with Crippen molar-refractivity contribution in [1.82, 2.24) is 20.7 Å². The zero-order valence-electron chi connectivity index (χ0n) is 17.6. The third-order valence-electron chi connectivity index (χ3n) is 5.15. The SMILES string of the molecule is CCNC(=NCc1cc(C(C)C)no1)NC1CCN(Cc2ccc(Cl)cc2)CC1. The molecule has 0 spiro atoms. The van der Waals surface area contributed by atoms with E-state index >= 15 is 0 Å². The number of guanidine groups is 1. The lowest BCUT2D eigenvalue weighted by Gasteiger charge is -2.33. The molecular weight excluding hydrogens is 386 g/mol. The quantitative estimate of drug-likeness (QED) is 0.522. The van der Waals surface area contributed by atoms with Gasteiger partial charge in [0, 0.05) is 43.3 Å². The predicted molar refractivity (Wildman–Crippen MR) is 118 cm³/mol. The molecule has 1 aliphatic heterocycles. The fourth-order valence-electron chi connectivity index (χ4n) is 3.43. The highest BCUT2D eigenvalue weighted by Crippen LogP contribution is 2.17. The fourth-order valence-corrected chi connectivity index (χ4v) is 3.56.